The zero-order valence-corrected chi connectivity index (χ0v) is 48.0. The Bertz CT molecular complexity index is 1150. The van der Waals surface area contributed by atoms with Crippen molar-refractivity contribution in [2.45, 2.75) is 361 Å². The summed E-state index contributed by atoms with van der Waals surface area (Å²) < 4.78 is 16.9. The molecule has 1 atom stereocenters. The van der Waals surface area contributed by atoms with Gasteiger partial charge in [-0.15, -0.1) is 0 Å². The van der Waals surface area contributed by atoms with Crippen LogP contribution >= 0.6 is 0 Å². The van der Waals surface area contributed by atoms with Crippen LogP contribution < -0.4 is 0 Å². The molecule has 0 rings (SSSR count). The molecule has 0 aromatic rings. The molecule has 0 fully saturated rings. The van der Waals surface area contributed by atoms with Crippen LogP contribution in [-0.4, -0.2) is 37.2 Å². The average Bonchev–Trinajstić information content (AvgIpc) is 3.37. The van der Waals surface area contributed by atoms with Gasteiger partial charge in [-0.1, -0.05) is 289 Å². The van der Waals surface area contributed by atoms with Crippen molar-refractivity contribution in [3.05, 3.63) is 24.3 Å². The molecule has 71 heavy (non-hydrogen) atoms. The van der Waals surface area contributed by atoms with Crippen LogP contribution in [0.5, 0.6) is 0 Å². The van der Waals surface area contributed by atoms with Gasteiger partial charge in [-0.25, -0.2) is 0 Å². The number of allylic oxidation sites excluding steroid dienone is 4. The SMILES string of the molecule is CCCCCCC/C=C\CCCCCCCC(=O)OCC(COC(=O)CCCCCCCCCCC/C=C\CCCCCCCCCC)OC(=O)CCCCCCCCCCCCCCCCCCCC. The van der Waals surface area contributed by atoms with Crippen LogP contribution in [0.4, 0.5) is 0 Å². The summed E-state index contributed by atoms with van der Waals surface area (Å²) in [7, 11) is 0. The molecule has 0 bridgehead atoms. The minimum Gasteiger partial charge on any atom is -0.462 e. The maximum atomic E-state index is 12.9. The minimum absolute atomic E-state index is 0.0701. The maximum absolute atomic E-state index is 12.9. The minimum atomic E-state index is -0.772. The summed E-state index contributed by atoms with van der Waals surface area (Å²) in [6, 6.07) is 0. The molecule has 0 heterocycles. The fourth-order valence-electron chi connectivity index (χ4n) is 9.61. The number of unbranched alkanes of at least 4 members (excludes halogenated alkanes) is 44. The average molecular weight is 1000 g/mol. The third-order valence-electron chi connectivity index (χ3n) is 14.4. The second-order valence-electron chi connectivity index (χ2n) is 21.7. The van der Waals surface area contributed by atoms with E-state index in [4.69, 9.17) is 14.2 Å². The second-order valence-corrected chi connectivity index (χ2v) is 21.7. The van der Waals surface area contributed by atoms with Gasteiger partial charge >= 0.3 is 17.9 Å². The molecule has 0 aliphatic carbocycles. The fraction of sp³-hybridized carbons (Fsp3) is 0.892. The molecule has 0 saturated carbocycles. The van der Waals surface area contributed by atoms with E-state index < -0.39 is 6.10 Å². The number of hydrogen-bond acceptors (Lipinski definition) is 6. The summed E-state index contributed by atoms with van der Waals surface area (Å²) >= 11 is 0. The Kier molecular flexibility index (Phi) is 58.6. The highest BCUT2D eigenvalue weighted by Crippen LogP contribution is 2.17. The topological polar surface area (TPSA) is 78.9 Å². The van der Waals surface area contributed by atoms with Crippen LogP contribution in [0.25, 0.3) is 0 Å². The summed E-state index contributed by atoms with van der Waals surface area (Å²) in [5.74, 6) is -0.855. The van der Waals surface area contributed by atoms with Crippen LogP contribution in [0.2, 0.25) is 0 Å². The summed E-state index contributed by atoms with van der Waals surface area (Å²) in [6.07, 6.45) is 71.8. The Labute approximate surface area is 443 Å². The first kappa shape index (κ1) is 68.9. The molecule has 0 radical (unpaired) electrons. The number of carbonyl (C=O) groups excluding carboxylic acids is 3. The van der Waals surface area contributed by atoms with Crippen molar-refractivity contribution in [1.29, 1.82) is 0 Å². The Morgan fingerprint density at radius 1 is 0.268 bits per heavy atom. The Morgan fingerprint density at radius 3 is 0.704 bits per heavy atom. The van der Waals surface area contributed by atoms with E-state index in [2.05, 4.69) is 45.1 Å². The molecule has 0 spiro atoms. The van der Waals surface area contributed by atoms with Crippen LogP contribution in [0, 0.1) is 0 Å². The predicted octanol–water partition coefficient (Wildman–Crippen LogP) is 21.4. The third-order valence-corrected chi connectivity index (χ3v) is 14.4. The van der Waals surface area contributed by atoms with Crippen molar-refractivity contribution in [2.75, 3.05) is 13.2 Å². The van der Waals surface area contributed by atoms with Gasteiger partial charge < -0.3 is 14.2 Å². The van der Waals surface area contributed by atoms with Crippen molar-refractivity contribution in [1.82, 2.24) is 0 Å². The molecule has 0 N–H and O–H groups in total. The molecule has 6 heteroatoms. The second kappa shape index (κ2) is 60.4. The van der Waals surface area contributed by atoms with E-state index in [0.29, 0.717) is 19.3 Å². The van der Waals surface area contributed by atoms with Gasteiger partial charge in [0.1, 0.15) is 13.2 Å². The zero-order valence-electron chi connectivity index (χ0n) is 48.0. The maximum Gasteiger partial charge on any atom is 0.306 e. The number of ether oxygens (including phenoxy) is 3. The molecule has 0 aromatic carbocycles. The number of hydrogen-bond donors (Lipinski definition) is 0. The molecular weight excluding hydrogens is 877 g/mol. The molecule has 0 aromatic heterocycles. The smallest absolute Gasteiger partial charge is 0.306 e. The quantitative estimate of drug-likeness (QED) is 0.0261. The van der Waals surface area contributed by atoms with E-state index in [0.717, 1.165) is 64.2 Å². The molecule has 418 valence electrons. The lowest BCUT2D eigenvalue weighted by Crippen LogP contribution is -2.30. The highest BCUT2D eigenvalue weighted by Gasteiger charge is 2.19. The summed E-state index contributed by atoms with van der Waals surface area (Å²) in [4.78, 5) is 38.3. The first-order valence-corrected chi connectivity index (χ1v) is 31.8. The van der Waals surface area contributed by atoms with Gasteiger partial charge in [-0.2, -0.15) is 0 Å². The van der Waals surface area contributed by atoms with E-state index >= 15 is 0 Å². The lowest BCUT2D eigenvalue weighted by Gasteiger charge is -2.18. The number of esters is 3. The van der Waals surface area contributed by atoms with Gasteiger partial charge in [-0.05, 0) is 70.6 Å². The van der Waals surface area contributed by atoms with E-state index in [1.54, 1.807) is 0 Å². The number of rotatable bonds is 59. The lowest BCUT2D eigenvalue weighted by atomic mass is 10.0. The summed E-state index contributed by atoms with van der Waals surface area (Å²) in [5.41, 5.74) is 0. The lowest BCUT2D eigenvalue weighted by molar-refractivity contribution is -0.167. The number of carbonyl (C=O) groups is 3. The van der Waals surface area contributed by atoms with Crippen molar-refractivity contribution >= 4 is 17.9 Å². The first-order chi connectivity index (χ1) is 35.0. The van der Waals surface area contributed by atoms with Crippen molar-refractivity contribution in [3.63, 3.8) is 0 Å². The monoisotopic (exact) mass is 999 g/mol. The van der Waals surface area contributed by atoms with Gasteiger partial charge in [0.15, 0.2) is 6.10 Å². The molecule has 0 aliphatic heterocycles. The van der Waals surface area contributed by atoms with E-state index in [9.17, 15) is 14.4 Å². The van der Waals surface area contributed by atoms with Crippen LogP contribution in [0.15, 0.2) is 24.3 Å². The van der Waals surface area contributed by atoms with Crippen molar-refractivity contribution < 1.29 is 28.6 Å². The van der Waals surface area contributed by atoms with Crippen LogP contribution in [-0.2, 0) is 28.6 Å². The first-order valence-electron chi connectivity index (χ1n) is 31.8. The molecular formula is C65H122O6. The van der Waals surface area contributed by atoms with Crippen molar-refractivity contribution in [3.8, 4) is 0 Å². The van der Waals surface area contributed by atoms with Crippen molar-refractivity contribution in [2.24, 2.45) is 0 Å². The highest BCUT2D eigenvalue weighted by molar-refractivity contribution is 5.71. The van der Waals surface area contributed by atoms with E-state index in [-0.39, 0.29) is 31.1 Å². The van der Waals surface area contributed by atoms with Gasteiger partial charge in [0, 0.05) is 19.3 Å². The standard InChI is InChI=1S/C65H122O6/c1-4-7-10-13-16-19-22-25-28-30-32-33-34-36-37-40-43-46-49-52-55-58-64(67)70-61-62(60-69-63(66)57-54-51-48-45-42-39-27-24-21-18-15-12-9-6-3)71-65(68)59-56-53-50-47-44-41-38-35-31-29-26-23-20-17-14-11-8-5-2/h24,27,30,32,62H,4-23,25-26,28-29,31,33-61H2,1-3H3/b27-24-,32-30-. The van der Waals surface area contributed by atoms with Gasteiger partial charge in [0.05, 0.1) is 0 Å². The highest BCUT2D eigenvalue weighted by atomic mass is 16.6. The third kappa shape index (κ3) is 58.7. The van der Waals surface area contributed by atoms with Crippen LogP contribution in [0.1, 0.15) is 355 Å². The summed E-state index contributed by atoms with van der Waals surface area (Å²) in [6.45, 7) is 6.69. The predicted molar refractivity (Wildman–Crippen MR) is 307 cm³/mol. The Hall–Kier alpha value is -2.11. The Morgan fingerprint density at radius 2 is 0.465 bits per heavy atom. The fourth-order valence-corrected chi connectivity index (χ4v) is 9.61. The normalized spacial score (nSPS) is 12.1. The molecule has 6 nitrogen and oxygen atoms in total. The van der Waals surface area contributed by atoms with E-state index in [1.165, 1.54) is 250 Å². The molecule has 0 amide bonds. The largest absolute Gasteiger partial charge is 0.462 e. The van der Waals surface area contributed by atoms with Gasteiger partial charge in [0.25, 0.3) is 0 Å². The molecule has 0 saturated heterocycles. The van der Waals surface area contributed by atoms with E-state index in [1.807, 2.05) is 0 Å². The molecule has 0 aliphatic rings. The Balaban J connectivity index is 4.30. The zero-order chi connectivity index (χ0) is 51.4. The van der Waals surface area contributed by atoms with Gasteiger partial charge in [-0.3, -0.25) is 14.4 Å². The van der Waals surface area contributed by atoms with Gasteiger partial charge in [0.2, 0.25) is 0 Å². The van der Waals surface area contributed by atoms with Crippen LogP contribution in [0.3, 0.4) is 0 Å². The molecule has 1 unspecified atom stereocenters. The summed E-state index contributed by atoms with van der Waals surface area (Å²) in [5, 5.41) is 0.